The highest BCUT2D eigenvalue weighted by Gasteiger charge is 2.14. The van der Waals surface area contributed by atoms with Gasteiger partial charge in [-0.1, -0.05) is 67.2 Å². The molecular weight excluding hydrogens is 387 g/mol. The summed E-state index contributed by atoms with van der Waals surface area (Å²) in [6.45, 7) is 0. The van der Waals surface area contributed by atoms with Crippen molar-refractivity contribution < 1.29 is 0 Å². The first-order chi connectivity index (χ1) is 8.08. The molecule has 17 heavy (non-hydrogen) atoms. The van der Waals surface area contributed by atoms with Crippen molar-refractivity contribution in [1.82, 2.24) is 0 Å². The van der Waals surface area contributed by atoms with E-state index in [1.807, 2.05) is 42.5 Å². The topological polar surface area (TPSA) is 0 Å². The first-order valence-corrected chi connectivity index (χ1v) is 7.39. The molecule has 0 aromatic heterocycles. The van der Waals surface area contributed by atoms with Gasteiger partial charge in [0.1, 0.15) is 0 Å². The van der Waals surface area contributed by atoms with Crippen LogP contribution in [0.25, 0.3) is 0 Å². The van der Waals surface area contributed by atoms with E-state index in [0.717, 1.165) is 25.6 Å². The Kier molecular flexibility index (Phi) is 4.53. The summed E-state index contributed by atoms with van der Waals surface area (Å²) in [7, 11) is 0. The normalized spacial score (nSPS) is 12.5. The van der Waals surface area contributed by atoms with E-state index in [9.17, 15) is 0 Å². The molecule has 0 radical (unpaired) electrons. The van der Waals surface area contributed by atoms with E-state index in [0.29, 0.717) is 0 Å². The molecular formula is C13H8Br2Cl2. The van der Waals surface area contributed by atoms with Crippen LogP contribution < -0.4 is 0 Å². The number of halogens is 4. The van der Waals surface area contributed by atoms with E-state index in [1.165, 1.54) is 0 Å². The highest BCUT2D eigenvalue weighted by atomic mass is 79.9. The Hall–Kier alpha value is -0.0200. The minimum absolute atomic E-state index is 0.0600. The zero-order valence-electron chi connectivity index (χ0n) is 8.63. The van der Waals surface area contributed by atoms with Gasteiger partial charge in [-0.15, -0.1) is 0 Å². The summed E-state index contributed by atoms with van der Waals surface area (Å²) in [5.41, 5.74) is 2.15. The van der Waals surface area contributed by atoms with Crippen LogP contribution in [0.3, 0.4) is 0 Å². The molecule has 88 valence electrons. The van der Waals surface area contributed by atoms with Crippen molar-refractivity contribution in [3.63, 3.8) is 0 Å². The second kappa shape index (κ2) is 5.75. The van der Waals surface area contributed by atoms with Gasteiger partial charge in [0, 0.05) is 14.5 Å². The largest absolute Gasteiger partial charge is 0.0843 e. The fourth-order valence-corrected chi connectivity index (χ4v) is 3.07. The summed E-state index contributed by atoms with van der Waals surface area (Å²) in [5.74, 6) is 0. The van der Waals surface area contributed by atoms with Crippen LogP contribution in [0.2, 0.25) is 10.0 Å². The van der Waals surface area contributed by atoms with Crippen molar-refractivity contribution in [2.24, 2.45) is 0 Å². The molecule has 0 saturated carbocycles. The van der Waals surface area contributed by atoms with E-state index >= 15 is 0 Å². The predicted molar refractivity (Wildman–Crippen MR) is 81.4 cm³/mol. The standard InChI is InChI=1S/C13H8Br2Cl2/c14-9-3-6-12(17)11(7-9)13(15)8-1-4-10(16)5-2-8/h1-7,13H. The average molecular weight is 395 g/mol. The molecule has 0 saturated heterocycles. The van der Waals surface area contributed by atoms with Crippen molar-refractivity contribution in [3.05, 3.63) is 68.1 Å². The van der Waals surface area contributed by atoms with Crippen LogP contribution in [-0.2, 0) is 0 Å². The number of benzene rings is 2. The van der Waals surface area contributed by atoms with Gasteiger partial charge < -0.3 is 0 Å². The summed E-state index contributed by atoms with van der Waals surface area (Å²) in [5, 5.41) is 1.47. The van der Waals surface area contributed by atoms with Crippen molar-refractivity contribution in [1.29, 1.82) is 0 Å². The zero-order valence-corrected chi connectivity index (χ0v) is 13.3. The van der Waals surface area contributed by atoms with E-state index < -0.39 is 0 Å². The molecule has 1 unspecified atom stereocenters. The molecule has 0 heterocycles. The highest BCUT2D eigenvalue weighted by Crippen LogP contribution is 2.36. The van der Waals surface area contributed by atoms with Gasteiger partial charge in [-0.3, -0.25) is 0 Å². The van der Waals surface area contributed by atoms with Crippen LogP contribution in [-0.4, -0.2) is 0 Å². The van der Waals surface area contributed by atoms with Gasteiger partial charge in [-0.05, 0) is 41.5 Å². The van der Waals surface area contributed by atoms with Crippen molar-refractivity contribution in [2.75, 3.05) is 0 Å². The fraction of sp³-hybridized carbons (Fsp3) is 0.0769. The van der Waals surface area contributed by atoms with E-state index in [4.69, 9.17) is 23.2 Å². The minimum Gasteiger partial charge on any atom is -0.0843 e. The molecule has 0 aliphatic carbocycles. The maximum absolute atomic E-state index is 6.20. The Morgan fingerprint density at radius 1 is 0.941 bits per heavy atom. The molecule has 0 bridgehead atoms. The quantitative estimate of drug-likeness (QED) is 0.529. The number of rotatable bonds is 2. The van der Waals surface area contributed by atoms with Crippen molar-refractivity contribution in [3.8, 4) is 0 Å². The maximum atomic E-state index is 6.20. The number of hydrogen-bond donors (Lipinski definition) is 0. The first-order valence-electron chi connectivity index (χ1n) is 4.92. The fourth-order valence-electron chi connectivity index (χ4n) is 1.52. The molecule has 2 aromatic carbocycles. The molecule has 0 aliphatic rings. The smallest absolute Gasteiger partial charge is 0.0659 e. The van der Waals surface area contributed by atoms with Crippen LogP contribution >= 0.6 is 55.1 Å². The number of hydrogen-bond acceptors (Lipinski definition) is 0. The third-order valence-corrected chi connectivity index (χ3v) is 4.51. The van der Waals surface area contributed by atoms with Crippen LogP contribution in [0, 0.1) is 0 Å². The van der Waals surface area contributed by atoms with Gasteiger partial charge in [0.15, 0.2) is 0 Å². The Morgan fingerprint density at radius 3 is 2.24 bits per heavy atom. The molecule has 4 heteroatoms. The summed E-state index contributed by atoms with van der Waals surface area (Å²) in [6.07, 6.45) is 0. The van der Waals surface area contributed by atoms with Gasteiger partial charge in [0.05, 0.1) is 4.83 Å². The average Bonchev–Trinajstić information content (AvgIpc) is 2.32. The molecule has 2 rings (SSSR count). The van der Waals surface area contributed by atoms with Gasteiger partial charge in [-0.2, -0.15) is 0 Å². The summed E-state index contributed by atoms with van der Waals surface area (Å²) >= 11 is 19.2. The van der Waals surface area contributed by atoms with Crippen LogP contribution in [0.1, 0.15) is 16.0 Å². The van der Waals surface area contributed by atoms with Crippen molar-refractivity contribution in [2.45, 2.75) is 4.83 Å². The van der Waals surface area contributed by atoms with Gasteiger partial charge >= 0.3 is 0 Å². The molecule has 2 aromatic rings. The van der Waals surface area contributed by atoms with Gasteiger partial charge in [0.25, 0.3) is 0 Å². The lowest BCUT2D eigenvalue weighted by Gasteiger charge is -2.13. The Bertz CT molecular complexity index is 523. The highest BCUT2D eigenvalue weighted by molar-refractivity contribution is 9.10. The third-order valence-electron chi connectivity index (χ3n) is 2.39. The van der Waals surface area contributed by atoms with Crippen LogP contribution in [0.5, 0.6) is 0 Å². The second-order valence-corrected chi connectivity index (χ2v) is 6.25. The van der Waals surface area contributed by atoms with E-state index in [-0.39, 0.29) is 4.83 Å². The molecule has 0 spiro atoms. The first kappa shape index (κ1) is 13.4. The molecule has 0 fully saturated rings. The van der Waals surface area contributed by atoms with Crippen LogP contribution in [0.4, 0.5) is 0 Å². The summed E-state index contributed by atoms with van der Waals surface area (Å²) in [4.78, 5) is 0.0600. The Morgan fingerprint density at radius 2 is 1.59 bits per heavy atom. The number of alkyl halides is 1. The van der Waals surface area contributed by atoms with E-state index in [2.05, 4.69) is 31.9 Å². The third kappa shape index (κ3) is 3.25. The predicted octanol–water partition coefficient (Wildman–Crippen LogP) is 6.24. The zero-order chi connectivity index (χ0) is 12.4. The minimum atomic E-state index is 0.0600. The monoisotopic (exact) mass is 392 g/mol. The molecule has 0 aliphatic heterocycles. The van der Waals surface area contributed by atoms with Crippen molar-refractivity contribution >= 4 is 55.1 Å². The second-order valence-electron chi connectivity index (χ2n) is 3.58. The van der Waals surface area contributed by atoms with Gasteiger partial charge in [0.2, 0.25) is 0 Å². The molecule has 1 atom stereocenters. The SMILES string of the molecule is Clc1ccc(C(Br)c2cc(Br)ccc2Cl)cc1. The lowest BCUT2D eigenvalue weighted by molar-refractivity contribution is 1.17. The molecule has 0 N–H and O–H groups in total. The van der Waals surface area contributed by atoms with Crippen LogP contribution in [0.15, 0.2) is 46.9 Å². The lowest BCUT2D eigenvalue weighted by atomic mass is 10.1. The summed E-state index contributed by atoms with van der Waals surface area (Å²) in [6, 6.07) is 13.5. The Labute approximate surface area is 127 Å². The maximum Gasteiger partial charge on any atom is 0.0659 e. The molecule has 0 nitrogen and oxygen atoms in total. The lowest BCUT2D eigenvalue weighted by Crippen LogP contribution is -1.93. The summed E-state index contributed by atoms with van der Waals surface area (Å²) < 4.78 is 1.01. The van der Waals surface area contributed by atoms with E-state index in [1.54, 1.807) is 0 Å². The Balaban J connectivity index is 2.39. The van der Waals surface area contributed by atoms with Gasteiger partial charge in [-0.25, -0.2) is 0 Å². The molecule has 0 amide bonds.